The second-order valence-electron chi connectivity index (χ2n) is 4.21. The second kappa shape index (κ2) is 8.61. The average molecular weight is 336 g/mol. The van der Waals surface area contributed by atoms with Gasteiger partial charge in [0.25, 0.3) is 0 Å². The number of benzene rings is 2. The summed E-state index contributed by atoms with van der Waals surface area (Å²) < 4.78 is 12.1. The first-order chi connectivity index (χ1) is 9.84. The molecule has 0 saturated carbocycles. The van der Waals surface area contributed by atoms with Gasteiger partial charge in [-0.15, -0.1) is 0 Å². The molecule has 2 aromatic carbocycles. The van der Waals surface area contributed by atoms with Crippen molar-refractivity contribution in [2.75, 3.05) is 31.7 Å². The number of rotatable bonds is 8. The van der Waals surface area contributed by atoms with Gasteiger partial charge in [0, 0.05) is 16.7 Å². The third-order valence-electron chi connectivity index (χ3n) is 2.66. The minimum Gasteiger partial charge on any atom is -0.491 e. The fourth-order valence-corrected chi connectivity index (χ4v) is 1.94. The zero-order valence-electron chi connectivity index (χ0n) is 11.2. The number of ether oxygens (including phenoxy) is 2. The Hall–Kier alpha value is -1.52. The molecule has 106 valence electrons. The van der Waals surface area contributed by atoms with E-state index >= 15 is 0 Å². The van der Waals surface area contributed by atoms with Crippen molar-refractivity contribution in [1.82, 2.24) is 0 Å². The molecule has 0 bridgehead atoms. The van der Waals surface area contributed by atoms with E-state index in [1.54, 1.807) is 0 Å². The standard InChI is InChI=1S/C16H18BrNO2/c17-14-6-8-15(9-7-14)18-10-11-19-12-13-20-16-4-2-1-3-5-16/h1-9,18H,10-13H2. The lowest BCUT2D eigenvalue weighted by Gasteiger charge is -2.08. The molecule has 2 aromatic rings. The summed E-state index contributed by atoms with van der Waals surface area (Å²) in [4.78, 5) is 0. The topological polar surface area (TPSA) is 30.5 Å². The fraction of sp³-hybridized carbons (Fsp3) is 0.250. The molecule has 0 amide bonds. The van der Waals surface area contributed by atoms with Crippen LogP contribution in [0.2, 0.25) is 0 Å². The lowest BCUT2D eigenvalue weighted by atomic mass is 10.3. The van der Waals surface area contributed by atoms with Crippen molar-refractivity contribution in [3.63, 3.8) is 0 Å². The highest BCUT2D eigenvalue weighted by Gasteiger charge is 1.94. The lowest BCUT2D eigenvalue weighted by Crippen LogP contribution is -2.13. The van der Waals surface area contributed by atoms with Gasteiger partial charge >= 0.3 is 0 Å². The minimum absolute atomic E-state index is 0.572. The molecule has 0 atom stereocenters. The highest BCUT2D eigenvalue weighted by atomic mass is 79.9. The number of halogens is 1. The lowest BCUT2D eigenvalue weighted by molar-refractivity contribution is 0.107. The maximum Gasteiger partial charge on any atom is 0.119 e. The molecular formula is C16H18BrNO2. The summed E-state index contributed by atoms with van der Waals surface area (Å²) in [6, 6.07) is 17.8. The average Bonchev–Trinajstić information content (AvgIpc) is 2.49. The Labute approximate surface area is 128 Å². The van der Waals surface area contributed by atoms with E-state index in [1.165, 1.54) is 0 Å². The van der Waals surface area contributed by atoms with Gasteiger partial charge in [-0.1, -0.05) is 34.1 Å². The van der Waals surface area contributed by atoms with Crippen molar-refractivity contribution in [2.45, 2.75) is 0 Å². The molecule has 1 N–H and O–H groups in total. The van der Waals surface area contributed by atoms with Crippen LogP contribution in [0.15, 0.2) is 59.1 Å². The van der Waals surface area contributed by atoms with Gasteiger partial charge in [-0.3, -0.25) is 0 Å². The van der Waals surface area contributed by atoms with Crippen LogP contribution in [0.3, 0.4) is 0 Å². The van der Waals surface area contributed by atoms with Gasteiger partial charge in [-0.25, -0.2) is 0 Å². The molecule has 3 nitrogen and oxygen atoms in total. The Bertz CT molecular complexity index is 488. The van der Waals surface area contributed by atoms with Crippen molar-refractivity contribution in [1.29, 1.82) is 0 Å². The number of anilines is 1. The third kappa shape index (κ3) is 5.63. The normalized spacial score (nSPS) is 10.2. The van der Waals surface area contributed by atoms with Crippen LogP contribution >= 0.6 is 15.9 Å². The van der Waals surface area contributed by atoms with Crippen molar-refractivity contribution in [2.24, 2.45) is 0 Å². The predicted molar refractivity (Wildman–Crippen MR) is 85.4 cm³/mol. The molecular weight excluding hydrogens is 318 g/mol. The summed E-state index contributed by atoms with van der Waals surface area (Å²) in [5.74, 6) is 0.879. The van der Waals surface area contributed by atoms with E-state index in [1.807, 2.05) is 54.6 Å². The summed E-state index contributed by atoms with van der Waals surface area (Å²) in [7, 11) is 0. The van der Waals surface area contributed by atoms with Crippen LogP contribution in [-0.2, 0) is 4.74 Å². The van der Waals surface area contributed by atoms with Crippen molar-refractivity contribution in [3.05, 3.63) is 59.1 Å². The van der Waals surface area contributed by atoms with Gasteiger partial charge < -0.3 is 14.8 Å². The summed E-state index contributed by atoms with van der Waals surface area (Å²) >= 11 is 3.41. The molecule has 4 heteroatoms. The smallest absolute Gasteiger partial charge is 0.119 e. The van der Waals surface area contributed by atoms with Gasteiger partial charge in [-0.05, 0) is 36.4 Å². The second-order valence-corrected chi connectivity index (χ2v) is 5.12. The monoisotopic (exact) mass is 335 g/mol. The molecule has 0 aliphatic heterocycles. The molecule has 0 spiro atoms. The van der Waals surface area contributed by atoms with Crippen molar-refractivity contribution in [3.8, 4) is 5.75 Å². The van der Waals surface area contributed by atoms with Crippen LogP contribution in [0.1, 0.15) is 0 Å². The van der Waals surface area contributed by atoms with Gasteiger partial charge in [0.1, 0.15) is 12.4 Å². The Kier molecular flexibility index (Phi) is 6.41. The molecule has 0 heterocycles. The number of para-hydroxylation sites is 1. The SMILES string of the molecule is Brc1ccc(NCCOCCOc2ccccc2)cc1. The van der Waals surface area contributed by atoms with E-state index < -0.39 is 0 Å². The van der Waals surface area contributed by atoms with E-state index in [0.717, 1.165) is 22.5 Å². The van der Waals surface area contributed by atoms with Crippen LogP contribution < -0.4 is 10.1 Å². The highest BCUT2D eigenvalue weighted by molar-refractivity contribution is 9.10. The van der Waals surface area contributed by atoms with Crippen molar-refractivity contribution < 1.29 is 9.47 Å². The van der Waals surface area contributed by atoms with E-state index in [2.05, 4.69) is 21.2 Å². The van der Waals surface area contributed by atoms with Crippen LogP contribution in [0.5, 0.6) is 5.75 Å². The van der Waals surface area contributed by atoms with Crippen molar-refractivity contribution >= 4 is 21.6 Å². The predicted octanol–water partition coefficient (Wildman–Crippen LogP) is 3.96. The highest BCUT2D eigenvalue weighted by Crippen LogP contribution is 2.13. The fourth-order valence-electron chi connectivity index (χ4n) is 1.67. The summed E-state index contributed by atoms with van der Waals surface area (Å²) in [6.07, 6.45) is 0. The molecule has 0 saturated heterocycles. The zero-order chi connectivity index (χ0) is 14.0. The van der Waals surface area contributed by atoms with E-state index in [0.29, 0.717) is 19.8 Å². The number of hydrogen-bond donors (Lipinski definition) is 1. The Morgan fingerprint density at radius 3 is 2.35 bits per heavy atom. The van der Waals surface area contributed by atoms with E-state index in [4.69, 9.17) is 9.47 Å². The first-order valence-corrected chi connectivity index (χ1v) is 7.39. The number of nitrogens with one attached hydrogen (secondary N) is 1. The Morgan fingerprint density at radius 1 is 0.850 bits per heavy atom. The van der Waals surface area contributed by atoms with Gasteiger partial charge in [0.05, 0.1) is 13.2 Å². The van der Waals surface area contributed by atoms with Crippen LogP contribution in [0, 0.1) is 0 Å². The van der Waals surface area contributed by atoms with Crippen LogP contribution in [-0.4, -0.2) is 26.4 Å². The van der Waals surface area contributed by atoms with Gasteiger partial charge in [0.2, 0.25) is 0 Å². The Morgan fingerprint density at radius 2 is 1.60 bits per heavy atom. The molecule has 0 unspecified atom stereocenters. The largest absolute Gasteiger partial charge is 0.491 e. The Balaban J connectivity index is 1.51. The third-order valence-corrected chi connectivity index (χ3v) is 3.19. The maximum atomic E-state index is 5.53. The maximum absolute atomic E-state index is 5.53. The van der Waals surface area contributed by atoms with Crippen LogP contribution in [0.4, 0.5) is 5.69 Å². The molecule has 0 fully saturated rings. The molecule has 20 heavy (non-hydrogen) atoms. The van der Waals surface area contributed by atoms with Gasteiger partial charge in [-0.2, -0.15) is 0 Å². The quantitative estimate of drug-likeness (QED) is 0.741. The van der Waals surface area contributed by atoms with E-state index in [-0.39, 0.29) is 0 Å². The van der Waals surface area contributed by atoms with Crippen LogP contribution in [0.25, 0.3) is 0 Å². The summed E-state index contributed by atoms with van der Waals surface area (Å²) in [5.41, 5.74) is 1.09. The zero-order valence-corrected chi connectivity index (χ0v) is 12.8. The minimum atomic E-state index is 0.572. The summed E-state index contributed by atoms with van der Waals surface area (Å²) in [6.45, 7) is 2.61. The first-order valence-electron chi connectivity index (χ1n) is 6.59. The van der Waals surface area contributed by atoms with E-state index in [9.17, 15) is 0 Å². The molecule has 0 aliphatic rings. The molecule has 0 aromatic heterocycles. The summed E-state index contributed by atoms with van der Waals surface area (Å²) in [5, 5.41) is 3.29. The molecule has 0 aliphatic carbocycles. The molecule has 0 radical (unpaired) electrons. The van der Waals surface area contributed by atoms with Gasteiger partial charge in [0.15, 0.2) is 0 Å². The first kappa shape index (κ1) is 14.9. The number of hydrogen-bond acceptors (Lipinski definition) is 3. The molecule has 2 rings (SSSR count).